The number of anilines is 1. The third kappa shape index (κ3) is 4.89. The predicted molar refractivity (Wildman–Crippen MR) is 104 cm³/mol. The third-order valence-electron chi connectivity index (χ3n) is 4.03. The molecule has 2 amide bonds. The number of carbonyl (C=O) groups excluding carboxylic acids is 2. The van der Waals surface area contributed by atoms with E-state index in [1.54, 1.807) is 39.3 Å². The zero-order valence-corrected chi connectivity index (χ0v) is 16.2. The number of benzene rings is 1. The number of aromatic nitrogens is 2. The summed E-state index contributed by atoms with van der Waals surface area (Å²) in [4.78, 5) is 28.8. The lowest BCUT2D eigenvalue weighted by atomic mass is 10.2. The molecular formula is C20H20N4O5. The Morgan fingerprint density at radius 2 is 1.83 bits per heavy atom. The zero-order chi connectivity index (χ0) is 20.8. The predicted octanol–water partition coefficient (Wildman–Crippen LogP) is 2.58. The first-order valence-electron chi connectivity index (χ1n) is 8.70. The van der Waals surface area contributed by atoms with Gasteiger partial charge in [0.2, 0.25) is 0 Å². The molecule has 0 saturated carbocycles. The van der Waals surface area contributed by atoms with Crippen LogP contribution in [0.5, 0.6) is 11.5 Å². The van der Waals surface area contributed by atoms with Gasteiger partial charge in [-0.15, -0.1) is 0 Å². The SMILES string of the molecule is COc1ccc(CNC(=O)c2cc(C(=O)Nc3cc(C)on3)ccn2)cc1OC. The molecule has 0 unspecified atom stereocenters. The molecule has 3 aromatic rings. The second-order valence-corrected chi connectivity index (χ2v) is 6.08. The summed E-state index contributed by atoms with van der Waals surface area (Å²) < 4.78 is 15.4. The first-order valence-corrected chi connectivity index (χ1v) is 8.70. The number of amides is 2. The van der Waals surface area contributed by atoms with Crippen molar-refractivity contribution in [3.8, 4) is 11.5 Å². The minimum Gasteiger partial charge on any atom is -0.493 e. The minimum absolute atomic E-state index is 0.120. The maximum absolute atomic E-state index is 12.4. The van der Waals surface area contributed by atoms with E-state index < -0.39 is 11.8 Å². The van der Waals surface area contributed by atoms with Gasteiger partial charge in [0.1, 0.15) is 11.5 Å². The van der Waals surface area contributed by atoms with E-state index in [4.69, 9.17) is 14.0 Å². The van der Waals surface area contributed by atoms with E-state index in [0.29, 0.717) is 23.1 Å². The molecule has 1 aromatic carbocycles. The van der Waals surface area contributed by atoms with E-state index in [9.17, 15) is 9.59 Å². The van der Waals surface area contributed by atoms with E-state index in [1.807, 2.05) is 6.07 Å². The monoisotopic (exact) mass is 396 g/mol. The number of nitrogens with zero attached hydrogens (tertiary/aromatic N) is 2. The van der Waals surface area contributed by atoms with Crippen LogP contribution in [0.3, 0.4) is 0 Å². The summed E-state index contributed by atoms with van der Waals surface area (Å²) in [6, 6.07) is 9.86. The average molecular weight is 396 g/mol. The number of pyridine rings is 1. The van der Waals surface area contributed by atoms with Crippen LogP contribution in [0.25, 0.3) is 0 Å². The van der Waals surface area contributed by atoms with E-state index in [2.05, 4.69) is 20.8 Å². The molecule has 2 aromatic heterocycles. The molecule has 0 fully saturated rings. The molecule has 0 spiro atoms. The van der Waals surface area contributed by atoms with Crippen molar-refractivity contribution in [2.24, 2.45) is 0 Å². The van der Waals surface area contributed by atoms with E-state index in [1.165, 1.54) is 18.3 Å². The fourth-order valence-corrected chi connectivity index (χ4v) is 2.57. The number of nitrogens with one attached hydrogen (secondary N) is 2. The highest BCUT2D eigenvalue weighted by atomic mass is 16.5. The molecule has 150 valence electrons. The van der Waals surface area contributed by atoms with Crippen LogP contribution in [0, 0.1) is 6.92 Å². The fraction of sp³-hybridized carbons (Fsp3) is 0.200. The van der Waals surface area contributed by atoms with Crippen molar-refractivity contribution >= 4 is 17.6 Å². The largest absolute Gasteiger partial charge is 0.493 e. The van der Waals surface area contributed by atoms with Crippen molar-refractivity contribution in [1.82, 2.24) is 15.5 Å². The van der Waals surface area contributed by atoms with Gasteiger partial charge >= 0.3 is 0 Å². The van der Waals surface area contributed by atoms with Crippen molar-refractivity contribution in [3.05, 3.63) is 65.2 Å². The molecule has 2 N–H and O–H groups in total. The van der Waals surface area contributed by atoms with Gasteiger partial charge in [-0.2, -0.15) is 0 Å². The van der Waals surface area contributed by atoms with Crippen molar-refractivity contribution in [2.45, 2.75) is 13.5 Å². The van der Waals surface area contributed by atoms with E-state index in [-0.39, 0.29) is 17.8 Å². The summed E-state index contributed by atoms with van der Waals surface area (Å²) in [6.45, 7) is 1.98. The van der Waals surface area contributed by atoms with Gasteiger partial charge in [0.05, 0.1) is 14.2 Å². The Labute approximate surface area is 167 Å². The standard InChI is InChI=1S/C20H20N4O5/c1-12-8-18(24-29-12)23-19(25)14-6-7-21-15(10-14)20(26)22-11-13-4-5-16(27-2)17(9-13)28-3/h4-10H,11H2,1-3H3,(H,22,26)(H,23,24,25). The Hall–Kier alpha value is -3.88. The van der Waals surface area contributed by atoms with Crippen LogP contribution in [0.2, 0.25) is 0 Å². The molecule has 2 heterocycles. The second-order valence-electron chi connectivity index (χ2n) is 6.08. The van der Waals surface area contributed by atoms with E-state index >= 15 is 0 Å². The van der Waals surface area contributed by atoms with Gasteiger partial charge in [-0.3, -0.25) is 14.6 Å². The highest BCUT2D eigenvalue weighted by Crippen LogP contribution is 2.27. The van der Waals surface area contributed by atoms with Gasteiger partial charge in [-0.05, 0) is 36.8 Å². The Balaban J connectivity index is 1.65. The smallest absolute Gasteiger partial charge is 0.270 e. The molecule has 0 aliphatic heterocycles. The lowest BCUT2D eigenvalue weighted by Gasteiger charge is -2.10. The molecule has 0 saturated heterocycles. The Bertz CT molecular complexity index is 1030. The maximum atomic E-state index is 12.4. The summed E-state index contributed by atoms with van der Waals surface area (Å²) in [5, 5.41) is 9.07. The maximum Gasteiger partial charge on any atom is 0.270 e. The topological polar surface area (TPSA) is 116 Å². The zero-order valence-electron chi connectivity index (χ0n) is 16.2. The van der Waals surface area contributed by atoms with Crippen LogP contribution in [-0.2, 0) is 6.54 Å². The highest BCUT2D eigenvalue weighted by Gasteiger charge is 2.14. The van der Waals surface area contributed by atoms with Crippen LogP contribution >= 0.6 is 0 Å². The van der Waals surface area contributed by atoms with Crippen LogP contribution in [0.4, 0.5) is 5.82 Å². The van der Waals surface area contributed by atoms with Gasteiger partial charge < -0.3 is 24.6 Å². The number of aryl methyl sites for hydroxylation is 1. The molecule has 29 heavy (non-hydrogen) atoms. The molecule has 9 nitrogen and oxygen atoms in total. The van der Waals surface area contributed by atoms with Crippen LogP contribution < -0.4 is 20.1 Å². The number of hydrogen-bond acceptors (Lipinski definition) is 7. The van der Waals surface area contributed by atoms with Crippen molar-refractivity contribution in [2.75, 3.05) is 19.5 Å². The van der Waals surface area contributed by atoms with Gasteiger partial charge in [0.25, 0.3) is 11.8 Å². The summed E-state index contributed by atoms with van der Waals surface area (Å²) in [5.41, 5.74) is 1.22. The Morgan fingerprint density at radius 3 is 2.52 bits per heavy atom. The van der Waals surface area contributed by atoms with Crippen LogP contribution in [-0.4, -0.2) is 36.2 Å². The quantitative estimate of drug-likeness (QED) is 0.630. The van der Waals surface area contributed by atoms with Gasteiger partial charge in [-0.25, -0.2) is 0 Å². The highest BCUT2D eigenvalue weighted by molar-refractivity contribution is 6.05. The van der Waals surface area contributed by atoms with Gasteiger partial charge in [0, 0.05) is 24.4 Å². The third-order valence-corrected chi connectivity index (χ3v) is 4.03. The number of ether oxygens (including phenoxy) is 2. The first-order chi connectivity index (χ1) is 14.0. The van der Waals surface area contributed by atoms with E-state index in [0.717, 1.165) is 5.56 Å². The Kier molecular flexibility index (Phi) is 6.08. The number of carbonyl (C=O) groups is 2. The number of methoxy groups -OCH3 is 2. The van der Waals surface area contributed by atoms with Crippen molar-refractivity contribution in [1.29, 1.82) is 0 Å². The van der Waals surface area contributed by atoms with Crippen LogP contribution in [0.15, 0.2) is 47.1 Å². The molecule has 3 rings (SSSR count). The van der Waals surface area contributed by atoms with Gasteiger partial charge in [-0.1, -0.05) is 11.2 Å². The molecule has 9 heteroatoms. The first kappa shape index (κ1) is 19.9. The number of rotatable bonds is 7. The molecule has 0 radical (unpaired) electrons. The van der Waals surface area contributed by atoms with Crippen molar-refractivity contribution in [3.63, 3.8) is 0 Å². The summed E-state index contributed by atoms with van der Waals surface area (Å²) >= 11 is 0. The summed E-state index contributed by atoms with van der Waals surface area (Å²) in [6.07, 6.45) is 1.40. The molecule has 0 bridgehead atoms. The summed E-state index contributed by atoms with van der Waals surface area (Å²) in [5.74, 6) is 1.21. The number of hydrogen-bond donors (Lipinski definition) is 2. The van der Waals surface area contributed by atoms with Crippen LogP contribution in [0.1, 0.15) is 32.2 Å². The van der Waals surface area contributed by atoms with Gasteiger partial charge in [0.15, 0.2) is 17.3 Å². The lowest BCUT2D eigenvalue weighted by molar-refractivity contribution is 0.0946. The molecular weight excluding hydrogens is 376 g/mol. The average Bonchev–Trinajstić information content (AvgIpc) is 3.16. The molecule has 0 aliphatic rings. The normalized spacial score (nSPS) is 10.3. The molecule has 0 atom stereocenters. The second kappa shape index (κ2) is 8.87. The van der Waals surface area contributed by atoms with Crippen molar-refractivity contribution < 1.29 is 23.6 Å². The fourth-order valence-electron chi connectivity index (χ4n) is 2.57. The minimum atomic E-state index is -0.422. The molecule has 0 aliphatic carbocycles. The Morgan fingerprint density at radius 1 is 1.03 bits per heavy atom. The lowest BCUT2D eigenvalue weighted by Crippen LogP contribution is -2.24. The summed E-state index contributed by atoms with van der Waals surface area (Å²) in [7, 11) is 3.10.